The molecule has 6 nitrogen and oxygen atoms in total. The zero-order chi connectivity index (χ0) is 20.3. The van der Waals surface area contributed by atoms with Gasteiger partial charge >= 0.3 is 6.61 Å². The summed E-state index contributed by atoms with van der Waals surface area (Å²) in [6.07, 6.45) is 2.24. The highest BCUT2D eigenvalue weighted by Gasteiger charge is 2.44. The first-order valence-corrected chi connectivity index (χ1v) is 9.47. The highest BCUT2D eigenvalue weighted by molar-refractivity contribution is 5.80. The van der Waals surface area contributed by atoms with Crippen LogP contribution in [0.1, 0.15) is 24.0 Å². The van der Waals surface area contributed by atoms with Crippen molar-refractivity contribution in [1.29, 1.82) is 0 Å². The fraction of sp³-hybridized carbons (Fsp3) is 0.381. The lowest BCUT2D eigenvalue weighted by Crippen LogP contribution is -2.41. The summed E-state index contributed by atoms with van der Waals surface area (Å²) in [6.45, 7) is -1.87. The quantitative estimate of drug-likeness (QED) is 0.548. The van der Waals surface area contributed by atoms with Crippen LogP contribution in [-0.2, 0) is 12.0 Å². The van der Waals surface area contributed by atoms with E-state index in [1.165, 1.54) is 11.6 Å². The van der Waals surface area contributed by atoms with E-state index in [1.54, 1.807) is 13.1 Å². The van der Waals surface area contributed by atoms with Crippen molar-refractivity contribution in [2.24, 2.45) is 4.99 Å². The van der Waals surface area contributed by atoms with Gasteiger partial charge in [-0.15, -0.1) is 0 Å². The summed E-state index contributed by atoms with van der Waals surface area (Å²) in [5, 5.41) is 6.51. The van der Waals surface area contributed by atoms with Gasteiger partial charge in [-0.1, -0.05) is 30.3 Å². The maximum Gasteiger partial charge on any atom is 0.387 e. The molecule has 1 heterocycles. The van der Waals surface area contributed by atoms with Crippen LogP contribution in [0.2, 0.25) is 0 Å². The Hall–Kier alpha value is -3.03. The van der Waals surface area contributed by atoms with E-state index in [4.69, 9.17) is 9.47 Å². The molecule has 0 radical (unpaired) electrons. The van der Waals surface area contributed by atoms with Gasteiger partial charge in [0.25, 0.3) is 0 Å². The Bertz CT molecular complexity index is 886. The number of aliphatic imine (C=N–C) groups is 1. The number of nitrogens with zero attached hydrogens (tertiary/aromatic N) is 1. The molecule has 29 heavy (non-hydrogen) atoms. The average molecular weight is 403 g/mol. The molecule has 0 amide bonds. The minimum Gasteiger partial charge on any atom is -0.454 e. The molecule has 1 fully saturated rings. The maximum absolute atomic E-state index is 12.8. The van der Waals surface area contributed by atoms with Gasteiger partial charge in [-0.25, -0.2) is 0 Å². The summed E-state index contributed by atoms with van der Waals surface area (Å²) in [5.74, 6) is 1.54. The second-order valence-corrected chi connectivity index (χ2v) is 7.12. The van der Waals surface area contributed by atoms with Gasteiger partial charge in [-0.2, -0.15) is 8.78 Å². The molecule has 2 N–H and O–H groups in total. The Morgan fingerprint density at radius 3 is 2.52 bits per heavy atom. The summed E-state index contributed by atoms with van der Waals surface area (Å²) >= 11 is 0. The number of hydrogen-bond acceptors (Lipinski definition) is 4. The van der Waals surface area contributed by atoms with E-state index in [1.807, 2.05) is 18.2 Å². The fourth-order valence-electron chi connectivity index (χ4n) is 3.47. The van der Waals surface area contributed by atoms with Crippen molar-refractivity contribution in [1.82, 2.24) is 10.6 Å². The number of nitrogens with one attached hydrogen (secondary N) is 2. The lowest BCUT2D eigenvalue weighted by molar-refractivity contribution is -0.0505. The molecule has 2 aromatic rings. The molecule has 0 unspecified atom stereocenters. The van der Waals surface area contributed by atoms with E-state index < -0.39 is 6.61 Å². The van der Waals surface area contributed by atoms with Gasteiger partial charge in [0, 0.05) is 37.2 Å². The number of benzene rings is 2. The van der Waals surface area contributed by atoms with Gasteiger partial charge in [0.15, 0.2) is 17.5 Å². The predicted octanol–water partition coefficient (Wildman–Crippen LogP) is 3.41. The van der Waals surface area contributed by atoms with Crippen LogP contribution in [0.15, 0.2) is 47.5 Å². The Morgan fingerprint density at radius 2 is 1.86 bits per heavy atom. The van der Waals surface area contributed by atoms with E-state index >= 15 is 0 Å². The molecule has 1 aliphatic carbocycles. The number of ether oxygens (including phenoxy) is 3. The van der Waals surface area contributed by atoms with Gasteiger partial charge in [-0.3, -0.25) is 4.99 Å². The first-order valence-electron chi connectivity index (χ1n) is 9.47. The lowest BCUT2D eigenvalue weighted by atomic mass is 9.96. The smallest absolute Gasteiger partial charge is 0.387 e. The van der Waals surface area contributed by atoms with Gasteiger partial charge in [0.05, 0.1) is 0 Å². The number of halogens is 2. The van der Waals surface area contributed by atoms with Gasteiger partial charge in [0.2, 0.25) is 6.79 Å². The van der Waals surface area contributed by atoms with Crippen molar-refractivity contribution < 1.29 is 23.0 Å². The topological polar surface area (TPSA) is 64.1 Å². The third-order valence-corrected chi connectivity index (χ3v) is 5.28. The first-order chi connectivity index (χ1) is 14.1. The van der Waals surface area contributed by atoms with E-state index in [2.05, 4.69) is 32.5 Å². The Morgan fingerprint density at radius 1 is 1.14 bits per heavy atom. The molecular weight excluding hydrogens is 380 g/mol. The van der Waals surface area contributed by atoms with Crippen LogP contribution < -0.4 is 24.8 Å². The molecule has 4 rings (SSSR count). The Balaban J connectivity index is 1.40. The van der Waals surface area contributed by atoms with Crippen molar-refractivity contribution in [2.45, 2.75) is 31.4 Å². The summed E-state index contributed by atoms with van der Waals surface area (Å²) in [4.78, 5) is 4.24. The molecule has 2 aromatic carbocycles. The zero-order valence-corrected chi connectivity index (χ0v) is 16.1. The van der Waals surface area contributed by atoms with Crippen molar-refractivity contribution >= 4 is 5.96 Å². The molecule has 1 aliphatic heterocycles. The zero-order valence-electron chi connectivity index (χ0n) is 16.1. The summed E-state index contributed by atoms with van der Waals surface area (Å²) in [7, 11) is 1.67. The highest BCUT2D eigenvalue weighted by atomic mass is 19.3. The standard InChI is InChI=1S/C21H23F2N3O3/c1-24-20(26-12-21(7-8-21)15-5-3-2-4-6-15)25-11-14-9-17-18(28-13-27-17)10-16(14)29-19(22)23/h2-6,9-10,19H,7-8,11-13H2,1H3,(H2,24,25,26). The third kappa shape index (κ3) is 4.36. The third-order valence-electron chi connectivity index (χ3n) is 5.28. The number of rotatable bonds is 7. The molecule has 2 aliphatic rings. The molecule has 154 valence electrons. The molecule has 1 saturated carbocycles. The lowest BCUT2D eigenvalue weighted by Gasteiger charge is -2.19. The number of fused-ring (bicyclic) bond motifs is 1. The van der Waals surface area contributed by atoms with Crippen LogP contribution in [0.3, 0.4) is 0 Å². The van der Waals surface area contributed by atoms with Crippen molar-refractivity contribution in [3.8, 4) is 17.2 Å². The fourth-order valence-corrected chi connectivity index (χ4v) is 3.47. The molecule has 0 atom stereocenters. The van der Waals surface area contributed by atoms with Crippen LogP contribution in [0.25, 0.3) is 0 Å². The summed E-state index contributed by atoms with van der Waals surface area (Å²) in [5.41, 5.74) is 1.97. The average Bonchev–Trinajstić information content (AvgIpc) is 3.39. The van der Waals surface area contributed by atoms with Gasteiger partial charge in [0.1, 0.15) is 5.75 Å². The molecule has 0 saturated heterocycles. The van der Waals surface area contributed by atoms with Crippen LogP contribution in [0.4, 0.5) is 8.78 Å². The Kier molecular flexibility index (Phi) is 5.42. The number of alkyl halides is 2. The minimum absolute atomic E-state index is 0.0511. The second kappa shape index (κ2) is 8.14. The van der Waals surface area contributed by atoms with Crippen LogP contribution in [0, 0.1) is 0 Å². The van der Waals surface area contributed by atoms with Crippen LogP contribution >= 0.6 is 0 Å². The van der Waals surface area contributed by atoms with E-state index in [0.717, 1.165) is 19.4 Å². The minimum atomic E-state index is -2.92. The SMILES string of the molecule is CN=C(NCc1cc2c(cc1OC(F)F)OCO2)NCC1(c2ccccc2)CC1. The largest absolute Gasteiger partial charge is 0.454 e. The van der Waals surface area contributed by atoms with Crippen LogP contribution in [0.5, 0.6) is 17.2 Å². The summed E-state index contributed by atoms with van der Waals surface area (Å²) in [6, 6.07) is 13.5. The molecule has 0 bridgehead atoms. The monoisotopic (exact) mass is 403 g/mol. The molecule has 0 aromatic heterocycles. The Labute approximate surface area is 167 Å². The molecular formula is C21H23F2N3O3. The highest BCUT2D eigenvalue weighted by Crippen LogP contribution is 2.47. The maximum atomic E-state index is 12.8. The van der Waals surface area contributed by atoms with Crippen molar-refractivity contribution in [3.63, 3.8) is 0 Å². The van der Waals surface area contributed by atoms with Crippen LogP contribution in [-0.4, -0.2) is 33.0 Å². The molecule has 8 heteroatoms. The second-order valence-electron chi connectivity index (χ2n) is 7.12. The van der Waals surface area contributed by atoms with E-state index in [-0.39, 0.29) is 24.5 Å². The number of guanidine groups is 1. The van der Waals surface area contributed by atoms with Gasteiger partial charge < -0.3 is 24.8 Å². The van der Waals surface area contributed by atoms with Crippen molar-refractivity contribution in [2.75, 3.05) is 20.4 Å². The summed E-state index contributed by atoms with van der Waals surface area (Å²) < 4.78 is 40.8. The van der Waals surface area contributed by atoms with E-state index in [9.17, 15) is 8.78 Å². The van der Waals surface area contributed by atoms with E-state index in [0.29, 0.717) is 23.0 Å². The molecule has 0 spiro atoms. The van der Waals surface area contributed by atoms with Crippen molar-refractivity contribution in [3.05, 3.63) is 53.6 Å². The number of hydrogen-bond donors (Lipinski definition) is 2. The van der Waals surface area contributed by atoms with Gasteiger partial charge in [-0.05, 0) is 24.5 Å². The normalized spacial score (nSPS) is 16.6. The first kappa shape index (κ1) is 19.3. The predicted molar refractivity (Wildman–Crippen MR) is 105 cm³/mol.